The second-order valence-electron chi connectivity index (χ2n) is 6.57. The van der Waals surface area contributed by atoms with Crippen molar-refractivity contribution in [1.29, 1.82) is 0 Å². The molecule has 2 saturated carbocycles. The Morgan fingerprint density at radius 2 is 1.86 bits per heavy atom. The molecule has 0 spiro atoms. The van der Waals surface area contributed by atoms with Gasteiger partial charge in [0.2, 0.25) is 0 Å². The summed E-state index contributed by atoms with van der Waals surface area (Å²) in [6.07, 6.45) is 4.99. The van der Waals surface area contributed by atoms with E-state index in [2.05, 4.69) is 0 Å². The van der Waals surface area contributed by atoms with Crippen molar-refractivity contribution in [1.82, 2.24) is 0 Å². The van der Waals surface area contributed by atoms with Crippen LogP contribution in [0.15, 0.2) is 36.4 Å². The highest BCUT2D eigenvalue weighted by Gasteiger charge is 2.43. The van der Waals surface area contributed by atoms with E-state index in [9.17, 15) is 4.79 Å². The number of carbonyl (C=O) groups excluding carboxylic acids is 1. The van der Waals surface area contributed by atoms with Gasteiger partial charge in [-0.25, -0.2) is 0 Å². The topological polar surface area (TPSA) is 26.3 Å². The summed E-state index contributed by atoms with van der Waals surface area (Å²) < 4.78 is 5.25. The van der Waals surface area contributed by atoms with Gasteiger partial charge in [-0.05, 0) is 60.1 Å². The number of carbonyl (C=O) groups is 1. The number of methoxy groups -OCH3 is 1. The summed E-state index contributed by atoms with van der Waals surface area (Å²) in [4.78, 5) is 12.8. The van der Waals surface area contributed by atoms with Crippen LogP contribution in [0.1, 0.15) is 36.0 Å². The fraction of sp³-hybridized carbons (Fsp3) is 0.421. The molecule has 2 aromatic carbocycles. The normalized spacial score (nSPS) is 27.2. The van der Waals surface area contributed by atoms with Gasteiger partial charge in [0.25, 0.3) is 0 Å². The molecule has 0 N–H and O–H groups in total. The number of ether oxygens (including phenoxy) is 1. The molecule has 2 aromatic rings. The van der Waals surface area contributed by atoms with Crippen molar-refractivity contribution in [2.24, 2.45) is 17.8 Å². The third-order valence-electron chi connectivity index (χ3n) is 5.41. The molecule has 2 aliphatic carbocycles. The zero-order chi connectivity index (χ0) is 14.4. The maximum Gasteiger partial charge on any atom is 0.166 e. The SMILES string of the molecule is COc1ccc2cc(C(=O)C3CC4CCC3C4)ccc2c1. The predicted molar refractivity (Wildman–Crippen MR) is 83.8 cm³/mol. The third-order valence-corrected chi connectivity index (χ3v) is 5.41. The van der Waals surface area contributed by atoms with Gasteiger partial charge in [-0.3, -0.25) is 4.79 Å². The van der Waals surface area contributed by atoms with Crippen LogP contribution in [0.5, 0.6) is 5.75 Å². The van der Waals surface area contributed by atoms with Crippen LogP contribution in [-0.4, -0.2) is 12.9 Å². The van der Waals surface area contributed by atoms with E-state index >= 15 is 0 Å². The first-order chi connectivity index (χ1) is 10.2. The van der Waals surface area contributed by atoms with Crippen LogP contribution < -0.4 is 4.74 Å². The predicted octanol–water partition coefficient (Wildman–Crippen LogP) is 4.47. The van der Waals surface area contributed by atoms with E-state index < -0.39 is 0 Å². The van der Waals surface area contributed by atoms with E-state index in [1.807, 2.05) is 36.4 Å². The highest BCUT2D eigenvalue weighted by Crippen LogP contribution is 2.49. The minimum atomic E-state index is 0.277. The lowest BCUT2D eigenvalue weighted by atomic mass is 9.83. The molecule has 3 unspecified atom stereocenters. The van der Waals surface area contributed by atoms with Gasteiger partial charge in [0.1, 0.15) is 5.75 Å². The second-order valence-corrected chi connectivity index (χ2v) is 6.57. The van der Waals surface area contributed by atoms with Gasteiger partial charge in [-0.2, -0.15) is 0 Å². The lowest BCUT2D eigenvalue weighted by molar-refractivity contribution is 0.0875. The zero-order valence-electron chi connectivity index (χ0n) is 12.3. The number of hydrogen-bond acceptors (Lipinski definition) is 2. The van der Waals surface area contributed by atoms with Crippen molar-refractivity contribution in [3.8, 4) is 5.75 Å². The minimum absolute atomic E-state index is 0.277. The first kappa shape index (κ1) is 12.9. The van der Waals surface area contributed by atoms with Gasteiger partial charge in [0.15, 0.2) is 5.78 Å². The van der Waals surface area contributed by atoms with Gasteiger partial charge < -0.3 is 4.74 Å². The first-order valence-electron chi connectivity index (χ1n) is 7.86. The van der Waals surface area contributed by atoms with Crippen molar-refractivity contribution < 1.29 is 9.53 Å². The standard InChI is InChI=1S/C19H20O2/c1-21-17-7-6-13-10-16(5-4-14(13)11-17)19(20)18-9-12-2-3-15(18)8-12/h4-7,10-12,15,18H,2-3,8-9H2,1H3. The maximum atomic E-state index is 12.8. The molecule has 3 atom stereocenters. The fourth-order valence-electron chi connectivity index (χ4n) is 4.28. The van der Waals surface area contributed by atoms with Crippen LogP contribution in [0, 0.1) is 17.8 Å². The van der Waals surface area contributed by atoms with E-state index in [0.717, 1.165) is 34.4 Å². The summed E-state index contributed by atoms with van der Waals surface area (Å²) in [5.41, 5.74) is 0.880. The lowest BCUT2D eigenvalue weighted by Crippen LogP contribution is -2.20. The Kier molecular flexibility index (Phi) is 2.99. The first-order valence-corrected chi connectivity index (χ1v) is 7.86. The molecule has 2 fully saturated rings. The molecule has 2 bridgehead atoms. The van der Waals surface area contributed by atoms with Crippen LogP contribution >= 0.6 is 0 Å². The Hall–Kier alpha value is -1.83. The maximum absolute atomic E-state index is 12.8. The molecule has 2 heteroatoms. The van der Waals surface area contributed by atoms with E-state index in [0.29, 0.717) is 11.7 Å². The Morgan fingerprint density at radius 1 is 1.05 bits per heavy atom. The molecular weight excluding hydrogens is 260 g/mol. The summed E-state index contributed by atoms with van der Waals surface area (Å²) in [5.74, 6) is 2.96. The van der Waals surface area contributed by atoms with Crippen molar-refractivity contribution in [3.63, 3.8) is 0 Å². The molecule has 0 heterocycles. The monoisotopic (exact) mass is 280 g/mol. The molecule has 4 rings (SSSR count). The summed E-state index contributed by atoms with van der Waals surface area (Å²) in [7, 11) is 1.67. The molecule has 0 radical (unpaired) electrons. The Balaban J connectivity index is 1.65. The van der Waals surface area contributed by atoms with E-state index in [1.165, 1.54) is 19.3 Å². The summed E-state index contributed by atoms with van der Waals surface area (Å²) in [5, 5.41) is 2.24. The largest absolute Gasteiger partial charge is 0.497 e. The van der Waals surface area contributed by atoms with Crippen LogP contribution in [-0.2, 0) is 0 Å². The molecule has 21 heavy (non-hydrogen) atoms. The van der Waals surface area contributed by atoms with Gasteiger partial charge >= 0.3 is 0 Å². The molecule has 0 amide bonds. The summed E-state index contributed by atoms with van der Waals surface area (Å²) >= 11 is 0. The fourth-order valence-corrected chi connectivity index (χ4v) is 4.28. The number of fused-ring (bicyclic) bond motifs is 3. The van der Waals surface area contributed by atoms with E-state index in [4.69, 9.17) is 4.74 Å². The van der Waals surface area contributed by atoms with Crippen molar-refractivity contribution in [2.45, 2.75) is 25.7 Å². The molecule has 0 aromatic heterocycles. The Labute approximate surface area is 125 Å². The third kappa shape index (κ3) is 2.14. The molecule has 0 aliphatic heterocycles. The van der Waals surface area contributed by atoms with Crippen LogP contribution in [0.25, 0.3) is 10.8 Å². The molecule has 108 valence electrons. The van der Waals surface area contributed by atoms with Gasteiger partial charge in [-0.1, -0.05) is 24.6 Å². The average molecular weight is 280 g/mol. The number of ketones is 1. The highest BCUT2D eigenvalue weighted by atomic mass is 16.5. The van der Waals surface area contributed by atoms with E-state index in [1.54, 1.807) is 7.11 Å². The number of Topliss-reactive ketones (excluding diaryl/α,β-unsaturated/α-hetero) is 1. The zero-order valence-corrected chi connectivity index (χ0v) is 12.3. The Bertz CT molecular complexity index is 704. The molecule has 0 saturated heterocycles. The van der Waals surface area contributed by atoms with Crippen LogP contribution in [0.3, 0.4) is 0 Å². The van der Waals surface area contributed by atoms with Gasteiger partial charge in [0, 0.05) is 11.5 Å². The average Bonchev–Trinajstić information content (AvgIpc) is 3.16. The smallest absolute Gasteiger partial charge is 0.166 e. The quantitative estimate of drug-likeness (QED) is 0.775. The second kappa shape index (κ2) is 4.87. The Morgan fingerprint density at radius 3 is 2.57 bits per heavy atom. The van der Waals surface area contributed by atoms with Crippen LogP contribution in [0.2, 0.25) is 0 Å². The van der Waals surface area contributed by atoms with Crippen LogP contribution in [0.4, 0.5) is 0 Å². The van der Waals surface area contributed by atoms with Crippen molar-refractivity contribution >= 4 is 16.6 Å². The van der Waals surface area contributed by atoms with E-state index in [-0.39, 0.29) is 5.92 Å². The highest BCUT2D eigenvalue weighted by molar-refractivity contribution is 6.01. The summed E-state index contributed by atoms with van der Waals surface area (Å²) in [6.45, 7) is 0. The number of rotatable bonds is 3. The van der Waals surface area contributed by atoms with Crippen molar-refractivity contribution in [3.05, 3.63) is 42.0 Å². The molecular formula is C19H20O2. The minimum Gasteiger partial charge on any atom is -0.497 e. The summed E-state index contributed by atoms with van der Waals surface area (Å²) in [6, 6.07) is 12.1. The number of benzene rings is 2. The molecule has 2 aliphatic rings. The number of hydrogen-bond donors (Lipinski definition) is 0. The lowest BCUT2D eigenvalue weighted by Gasteiger charge is -2.20. The van der Waals surface area contributed by atoms with Gasteiger partial charge in [-0.15, -0.1) is 0 Å². The molecule has 2 nitrogen and oxygen atoms in total. The van der Waals surface area contributed by atoms with Crippen molar-refractivity contribution in [2.75, 3.05) is 7.11 Å². The van der Waals surface area contributed by atoms with Gasteiger partial charge in [0.05, 0.1) is 7.11 Å².